The van der Waals surface area contributed by atoms with Gasteiger partial charge in [-0.3, -0.25) is 0 Å². The van der Waals surface area contributed by atoms with Crippen molar-refractivity contribution >= 4 is 62.2 Å². The summed E-state index contributed by atoms with van der Waals surface area (Å²) < 4.78 is 2.41. The third-order valence-electron chi connectivity index (χ3n) is 1.54. The molecular weight excluding hydrogens is 380 g/mol. The zero-order valence-electron chi connectivity index (χ0n) is 5.94. The van der Waals surface area contributed by atoms with Gasteiger partial charge in [-0.25, -0.2) is 4.98 Å². The van der Waals surface area contributed by atoms with Gasteiger partial charge in [0.2, 0.25) is 0 Å². The number of nitrogens with zero attached hydrogens (tertiary/aromatic N) is 1. The van der Waals surface area contributed by atoms with Gasteiger partial charge in [-0.1, -0.05) is 0 Å². The minimum Gasteiger partial charge on any atom is -0.369 e. The molecular formula is C7H5I2N3. The molecule has 12 heavy (non-hydrogen) atoms. The molecule has 0 aliphatic carbocycles. The van der Waals surface area contributed by atoms with Gasteiger partial charge < -0.3 is 10.7 Å². The SMILES string of the molecule is Nc1nc2cc(I)c(I)cc2[nH]1. The van der Waals surface area contributed by atoms with Gasteiger partial charge in [-0.15, -0.1) is 0 Å². The molecule has 1 heterocycles. The number of hydrogen-bond acceptors (Lipinski definition) is 2. The van der Waals surface area contributed by atoms with Crippen LogP contribution in [0, 0.1) is 7.14 Å². The number of nitrogen functional groups attached to an aromatic ring is 1. The summed E-state index contributed by atoms with van der Waals surface area (Å²) in [6.07, 6.45) is 0. The topological polar surface area (TPSA) is 54.7 Å². The number of fused-ring (bicyclic) bond motifs is 1. The van der Waals surface area contributed by atoms with Crippen LogP contribution in [0.2, 0.25) is 0 Å². The van der Waals surface area contributed by atoms with Crippen LogP contribution < -0.4 is 5.73 Å². The molecule has 0 bridgehead atoms. The molecule has 0 radical (unpaired) electrons. The number of benzene rings is 1. The monoisotopic (exact) mass is 385 g/mol. The molecule has 0 atom stereocenters. The third-order valence-corrected chi connectivity index (χ3v) is 4.36. The van der Waals surface area contributed by atoms with Gasteiger partial charge in [0.25, 0.3) is 0 Å². The second-order valence-electron chi connectivity index (χ2n) is 2.41. The highest BCUT2D eigenvalue weighted by Crippen LogP contribution is 2.21. The molecule has 0 amide bonds. The molecule has 0 saturated heterocycles. The molecule has 3 N–H and O–H groups in total. The Bertz CT molecular complexity index is 396. The van der Waals surface area contributed by atoms with Crippen molar-refractivity contribution in [1.29, 1.82) is 0 Å². The molecule has 0 saturated carbocycles. The number of nitrogens with two attached hydrogens (primary N) is 1. The van der Waals surface area contributed by atoms with Crippen LogP contribution in [0.25, 0.3) is 11.0 Å². The van der Waals surface area contributed by atoms with Crippen molar-refractivity contribution in [2.24, 2.45) is 0 Å². The number of rotatable bonds is 0. The first-order chi connectivity index (χ1) is 5.66. The van der Waals surface area contributed by atoms with E-state index in [1.807, 2.05) is 12.1 Å². The van der Waals surface area contributed by atoms with Crippen molar-refractivity contribution in [3.05, 3.63) is 19.3 Å². The lowest BCUT2D eigenvalue weighted by Gasteiger charge is -1.93. The highest BCUT2D eigenvalue weighted by Gasteiger charge is 2.03. The van der Waals surface area contributed by atoms with Crippen LogP contribution in [-0.2, 0) is 0 Å². The summed E-state index contributed by atoms with van der Waals surface area (Å²) >= 11 is 4.57. The Morgan fingerprint density at radius 2 is 1.92 bits per heavy atom. The summed E-state index contributed by atoms with van der Waals surface area (Å²) in [5.74, 6) is 0.475. The number of imidazole rings is 1. The van der Waals surface area contributed by atoms with Gasteiger partial charge in [0.1, 0.15) is 0 Å². The zero-order valence-corrected chi connectivity index (χ0v) is 10.3. The van der Waals surface area contributed by atoms with Crippen molar-refractivity contribution in [3.8, 4) is 0 Å². The van der Waals surface area contributed by atoms with E-state index in [1.165, 1.54) is 7.14 Å². The summed E-state index contributed by atoms with van der Waals surface area (Å²) in [5, 5.41) is 0. The van der Waals surface area contributed by atoms with Crippen molar-refractivity contribution in [3.63, 3.8) is 0 Å². The van der Waals surface area contributed by atoms with Crippen LogP contribution in [0.1, 0.15) is 0 Å². The van der Waals surface area contributed by atoms with Crippen LogP contribution >= 0.6 is 45.2 Å². The van der Waals surface area contributed by atoms with E-state index < -0.39 is 0 Å². The van der Waals surface area contributed by atoms with Crippen LogP contribution in [0.4, 0.5) is 5.95 Å². The molecule has 0 aliphatic rings. The van der Waals surface area contributed by atoms with Crippen molar-refractivity contribution in [2.75, 3.05) is 5.73 Å². The molecule has 5 heteroatoms. The summed E-state index contributed by atoms with van der Waals surface area (Å²) in [6, 6.07) is 4.06. The molecule has 2 rings (SSSR count). The zero-order chi connectivity index (χ0) is 8.72. The van der Waals surface area contributed by atoms with E-state index in [0.29, 0.717) is 5.95 Å². The largest absolute Gasteiger partial charge is 0.369 e. The van der Waals surface area contributed by atoms with E-state index in [1.54, 1.807) is 0 Å². The maximum absolute atomic E-state index is 5.52. The number of nitrogens with one attached hydrogen (secondary N) is 1. The number of aromatic nitrogens is 2. The predicted octanol–water partition coefficient (Wildman–Crippen LogP) is 2.35. The molecule has 62 valence electrons. The van der Waals surface area contributed by atoms with E-state index in [4.69, 9.17) is 5.73 Å². The lowest BCUT2D eigenvalue weighted by molar-refractivity contribution is 1.35. The Morgan fingerprint density at radius 1 is 1.25 bits per heavy atom. The van der Waals surface area contributed by atoms with Crippen molar-refractivity contribution in [2.45, 2.75) is 0 Å². The average Bonchev–Trinajstić information content (AvgIpc) is 2.30. The van der Waals surface area contributed by atoms with E-state index in [-0.39, 0.29) is 0 Å². The Hall–Kier alpha value is -0.0500. The number of aromatic amines is 1. The van der Waals surface area contributed by atoms with Crippen LogP contribution in [0.5, 0.6) is 0 Å². The standard InChI is InChI=1S/C7H5I2N3/c8-3-1-5-6(2-4(3)9)12-7(10)11-5/h1-2H,(H3,10,11,12). The minimum absolute atomic E-state index is 0.475. The summed E-state index contributed by atoms with van der Waals surface area (Å²) in [6.45, 7) is 0. The molecule has 1 aromatic carbocycles. The van der Waals surface area contributed by atoms with Gasteiger partial charge in [0, 0.05) is 7.14 Å². The van der Waals surface area contributed by atoms with Gasteiger partial charge >= 0.3 is 0 Å². The van der Waals surface area contributed by atoms with Crippen LogP contribution in [-0.4, -0.2) is 9.97 Å². The lowest BCUT2D eigenvalue weighted by Crippen LogP contribution is -1.84. The highest BCUT2D eigenvalue weighted by molar-refractivity contribution is 14.1. The molecule has 3 nitrogen and oxygen atoms in total. The van der Waals surface area contributed by atoms with E-state index in [2.05, 4.69) is 55.1 Å². The Labute approximate surface area is 96.4 Å². The molecule has 0 spiro atoms. The normalized spacial score (nSPS) is 10.8. The fourth-order valence-corrected chi connectivity index (χ4v) is 1.94. The molecule has 0 aliphatic heterocycles. The van der Waals surface area contributed by atoms with E-state index >= 15 is 0 Å². The lowest BCUT2D eigenvalue weighted by atomic mass is 10.3. The van der Waals surface area contributed by atoms with E-state index in [0.717, 1.165) is 11.0 Å². The highest BCUT2D eigenvalue weighted by atomic mass is 127. The second kappa shape index (κ2) is 3.02. The minimum atomic E-state index is 0.475. The van der Waals surface area contributed by atoms with Crippen molar-refractivity contribution < 1.29 is 0 Å². The fraction of sp³-hybridized carbons (Fsp3) is 0. The van der Waals surface area contributed by atoms with Gasteiger partial charge in [-0.05, 0) is 57.3 Å². The summed E-state index contributed by atoms with van der Waals surface area (Å²) in [7, 11) is 0. The van der Waals surface area contributed by atoms with Gasteiger partial charge in [-0.2, -0.15) is 0 Å². The number of hydrogen-bond donors (Lipinski definition) is 2. The van der Waals surface area contributed by atoms with E-state index in [9.17, 15) is 0 Å². The predicted molar refractivity (Wildman–Crippen MR) is 65.9 cm³/mol. The average molecular weight is 385 g/mol. The number of anilines is 1. The number of halogens is 2. The fourth-order valence-electron chi connectivity index (χ4n) is 1.02. The first-order valence-electron chi connectivity index (χ1n) is 3.27. The molecule has 0 fully saturated rings. The summed E-state index contributed by atoms with van der Waals surface area (Å²) in [4.78, 5) is 7.11. The van der Waals surface area contributed by atoms with Crippen LogP contribution in [0.3, 0.4) is 0 Å². The maximum Gasteiger partial charge on any atom is 0.198 e. The molecule has 1 aromatic heterocycles. The second-order valence-corrected chi connectivity index (χ2v) is 4.73. The van der Waals surface area contributed by atoms with Gasteiger partial charge in [0.15, 0.2) is 5.95 Å². The Kier molecular flexibility index (Phi) is 2.15. The Balaban J connectivity index is 2.83. The summed E-state index contributed by atoms with van der Waals surface area (Å²) in [5.41, 5.74) is 7.44. The first-order valence-corrected chi connectivity index (χ1v) is 5.43. The third kappa shape index (κ3) is 1.39. The molecule has 2 aromatic rings. The Morgan fingerprint density at radius 3 is 2.67 bits per heavy atom. The molecule has 0 unspecified atom stereocenters. The maximum atomic E-state index is 5.52. The van der Waals surface area contributed by atoms with Gasteiger partial charge in [0.05, 0.1) is 11.0 Å². The van der Waals surface area contributed by atoms with Crippen molar-refractivity contribution in [1.82, 2.24) is 9.97 Å². The smallest absolute Gasteiger partial charge is 0.198 e. The quantitative estimate of drug-likeness (QED) is 0.685. The number of H-pyrrole nitrogens is 1. The first kappa shape index (κ1) is 8.54. The van der Waals surface area contributed by atoms with Crippen LogP contribution in [0.15, 0.2) is 12.1 Å².